The predicted molar refractivity (Wildman–Crippen MR) is 69.0 cm³/mol. The number of aliphatic hydroxyl groups is 1. The summed E-state index contributed by atoms with van der Waals surface area (Å²) in [4.78, 5) is 0. The van der Waals surface area contributed by atoms with Gasteiger partial charge in [0, 0.05) is 6.04 Å². The Labute approximate surface area is 114 Å². The fourth-order valence-electron chi connectivity index (χ4n) is 1.73. The number of hydrogen-bond acceptors (Lipinski definition) is 3. The van der Waals surface area contributed by atoms with E-state index in [1.54, 1.807) is 0 Å². The second kappa shape index (κ2) is 5.98. The smallest absolute Gasteiger partial charge is 0.397 e. The molecule has 0 aliphatic carbocycles. The minimum atomic E-state index is -4.58. The second-order valence-electron chi connectivity index (χ2n) is 4.52. The number of nitrogen functional groups attached to an aromatic ring is 1. The molecule has 0 fully saturated rings. The normalized spacial score (nSPS) is 13.9. The lowest BCUT2D eigenvalue weighted by Gasteiger charge is -2.22. The quantitative estimate of drug-likeness (QED) is 0.749. The summed E-state index contributed by atoms with van der Waals surface area (Å²) in [6.45, 7) is 3.31. The van der Waals surface area contributed by atoms with Crippen molar-refractivity contribution < 1.29 is 18.3 Å². The van der Waals surface area contributed by atoms with Gasteiger partial charge in [-0.2, -0.15) is 13.2 Å². The van der Waals surface area contributed by atoms with Gasteiger partial charge in [-0.3, -0.25) is 0 Å². The van der Waals surface area contributed by atoms with E-state index in [1.807, 2.05) is 13.8 Å². The molecule has 1 aromatic carbocycles. The first-order valence-corrected chi connectivity index (χ1v) is 6.07. The molecule has 7 heteroatoms. The summed E-state index contributed by atoms with van der Waals surface area (Å²) in [5.41, 5.74) is 4.11. The summed E-state index contributed by atoms with van der Waals surface area (Å²) < 4.78 is 38.5. The number of anilines is 1. The van der Waals surface area contributed by atoms with Crippen molar-refractivity contribution in [3.8, 4) is 0 Å². The standard InChI is InChI=1S/C12H16ClF3N2O/c1-6(2)18-10(5-19)7-3-8(12(14,15)16)11(17)9(13)4-7/h3-4,6,10,18-19H,5,17H2,1-2H3. The molecule has 0 bridgehead atoms. The van der Waals surface area contributed by atoms with Gasteiger partial charge in [0.05, 0.1) is 28.9 Å². The number of halogens is 4. The van der Waals surface area contributed by atoms with Crippen molar-refractivity contribution in [1.29, 1.82) is 0 Å². The van der Waals surface area contributed by atoms with E-state index in [1.165, 1.54) is 6.07 Å². The first-order chi connectivity index (χ1) is 8.66. The largest absolute Gasteiger partial charge is 0.418 e. The van der Waals surface area contributed by atoms with Crippen LogP contribution in [-0.2, 0) is 6.18 Å². The van der Waals surface area contributed by atoms with Gasteiger partial charge in [0.1, 0.15) is 0 Å². The molecule has 1 aromatic rings. The highest BCUT2D eigenvalue weighted by atomic mass is 35.5. The van der Waals surface area contributed by atoms with Crippen LogP contribution in [0.5, 0.6) is 0 Å². The molecule has 0 aliphatic heterocycles. The zero-order chi connectivity index (χ0) is 14.8. The van der Waals surface area contributed by atoms with Gasteiger partial charge in [0.25, 0.3) is 0 Å². The van der Waals surface area contributed by atoms with Crippen LogP contribution in [-0.4, -0.2) is 17.8 Å². The van der Waals surface area contributed by atoms with E-state index < -0.39 is 23.5 Å². The van der Waals surface area contributed by atoms with Gasteiger partial charge in [-0.1, -0.05) is 25.4 Å². The molecular formula is C12H16ClF3N2O. The van der Waals surface area contributed by atoms with E-state index in [9.17, 15) is 18.3 Å². The van der Waals surface area contributed by atoms with Crippen LogP contribution < -0.4 is 11.1 Å². The molecule has 1 atom stereocenters. The van der Waals surface area contributed by atoms with Crippen LogP contribution >= 0.6 is 11.6 Å². The van der Waals surface area contributed by atoms with Crippen LogP contribution in [0.15, 0.2) is 12.1 Å². The molecule has 0 aromatic heterocycles. The maximum absolute atomic E-state index is 12.8. The van der Waals surface area contributed by atoms with Crippen molar-refractivity contribution in [2.45, 2.75) is 32.1 Å². The van der Waals surface area contributed by atoms with Crippen LogP contribution in [0.3, 0.4) is 0 Å². The topological polar surface area (TPSA) is 58.3 Å². The first-order valence-electron chi connectivity index (χ1n) is 5.69. The summed E-state index contributed by atoms with van der Waals surface area (Å²) in [6.07, 6.45) is -4.58. The summed E-state index contributed by atoms with van der Waals surface area (Å²) in [6, 6.07) is 1.63. The lowest BCUT2D eigenvalue weighted by Crippen LogP contribution is -2.30. The van der Waals surface area contributed by atoms with Gasteiger partial charge in [0.15, 0.2) is 0 Å². The summed E-state index contributed by atoms with van der Waals surface area (Å²) >= 11 is 5.73. The van der Waals surface area contributed by atoms with Gasteiger partial charge in [0.2, 0.25) is 0 Å². The fraction of sp³-hybridized carbons (Fsp3) is 0.500. The molecule has 0 amide bonds. The average Bonchev–Trinajstić information content (AvgIpc) is 2.27. The Hall–Kier alpha value is -0.980. The van der Waals surface area contributed by atoms with Crippen molar-refractivity contribution in [3.63, 3.8) is 0 Å². The Morgan fingerprint density at radius 3 is 2.37 bits per heavy atom. The molecule has 4 N–H and O–H groups in total. The van der Waals surface area contributed by atoms with Crippen LogP contribution in [0, 0.1) is 0 Å². The SMILES string of the molecule is CC(C)NC(CO)c1cc(Cl)c(N)c(C(F)(F)F)c1. The van der Waals surface area contributed by atoms with E-state index in [4.69, 9.17) is 17.3 Å². The highest BCUT2D eigenvalue weighted by Crippen LogP contribution is 2.38. The highest BCUT2D eigenvalue weighted by molar-refractivity contribution is 6.33. The summed E-state index contributed by atoms with van der Waals surface area (Å²) in [5.74, 6) is 0. The molecule has 0 heterocycles. The van der Waals surface area contributed by atoms with Crippen molar-refractivity contribution in [1.82, 2.24) is 5.32 Å². The summed E-state index contributed by atoms with van der Waals surface area (Å²) in [5, 5.41) is 12.0. The van der Waals surface area contributed by atoms with Gasteiger partial charge >= 0.3 is 6.18 Å². The van der Waals surface area contributed by atoms with E-state index in [0.29, 0.717) is 0 Å². The van der Waals surface area contributed by atoms with Crippen molar-refractivity contribution in [2.24, 2.45) is 0 Å². The molecule has 1 rings (SSSR count). The maximum atomic E-state index is 12.8. The zero-order valence-electron chi connectivity index (χ0n) is 10.6. The zero-order valence-corrected chi connectivity index (χ0v) is 11.3. The first kappa shape index (κ1) is 16.1. The maximum Gasteiger partial charge on any atom is 0.418 e. The molecular weight excluding hydrogens is 281 g/mol. The number of nitrogens with two attached hydrogens (primary N) is 1. The van der Waals surface area contributed by atoms with Crippen molar-refractivity contribution in [3.05, 3.63) is 28.3 Å². The third-order valence-electron chi connectivity index (χ3n) is 2.58. The predicted octanol–water partition coefficient (Wildman–Crippen LogP) is 2.97. The third kappa shape index (κ3) is 3.99. The minimum absolute atomic E-state index is 0.00261. The fourth-order valence-corrected chi connectivity index (χ4v) is 1.96. The second-order valence-corrected chi connectivity index (χ2v) is 4.93. The number of benzene rings is 1. The summed E-state index contributed by atoms with van der Waals surface area (Å²) in [7, 11) is 0. The molecule has 0 aliphatic rings. The van der Waals surface area contributed by atoms with E-state index in [0.717, 1.165) is 6.07 Å². The molecule has 19 heavy (non-hydrogen) atoms. The highest BCUT2D eigenvalue weighted by Gasteiger charge is 2.34. The number of alkyl halides is 3. The molecule has 0 spiro atoms. The Bertz CT molecular complexity index is 449. The Balaban J connectivity index is 3.26. The van der Waals surface area contributed by atoms with Crippen LogP contribution in [0.2, 0.25) is 5.02 Å². The molecule has 3 nitrogen and oxygen atoms in total. The lowest BCUT2D eigenvalue weighted by atomic mass is 10.0. The molecule has 0 saturated heterocycles. The van der Waals surface area contributed by atoms with Crippen LogP contribution in [0.25, 0.3) is 0 Å². The van der Waals surface area contributed by atoms with Gasteiger partial charge in [-0.05, 0) is 17.7 Å². The number of nitrogens with one attached hydrogen (secondary N) is 1. The van der Waals surface area contributed by atoms with Crippen molar-refractivity contribution in [2.75, 3.05) is 12.3 Å². The minimum Gasteiger partial charge on any atom is -0.397 e. The molecule has 1 unspecified atom stereocenters. The third-order valence-corrected chi connectivity index (χ3v) is 2.89. The lowest BCUT2D eigenvalue weighted by molar-refractivity contribution is -0.137. The number of hydrogen-bond donors (Lipinski definition) is 3. The van der Waals surface area contributed by atoms with Gasteiger partial charge in [-0.15, -0.1) is 0 Å². The Kier molecular flexibility index (Phi) is 5.06. The molecule has 0 radical (unpaired) electrons. The van der Waals surface area contributed by atoms with Crippen LogP contribution in [0.4, 0.5) is 18.9 Å². The molecule has 0 saturated carbocycles. The van der Waals surface area contributed by atoms with Gasteiger partial charge < -0.3 is 16.2 Å². The Morgan fingerprint density at radius 2 is 1.95 bits per heavy atom. The monoisotopic (exact) mass is 296 g/mol. The number of rotatable bonds is 4. The number of aliphatic hydroxyl groups excluding tert-OH is 1. The van der Waals surface area contributed by atoms with Gasteiger partial charge in [-0.25, -0.2) is 0 Å². The van der Waals surface area contributed by atoms with Crippen LogP contribution in [0.1, 0.15) is 31.0 Å². The van der Waals surface area contributed by atoms with E-state index >= 15 is 0 Å². The Morgan fingerprint density at radius 1 is 1.37 bits per heavy atom. The molecule has 108 valence electrons. The average molecular weight is 297 g/mol. The van der Waals surface area contributed by atoms with Crippen molar-refractivity contribution >= 4 is 17.3 Å². The van der Waals surface area contributed by atoms with E-state index in [2.05, 4.69) is 5.32 Å². The van der Waals surface area contributed by atoms with E-state index in [-0.39, 0.29) is 23.2 Å².